The number of thiophene rings is 1. The fourth-order valence-electron chi connectivity index (χ4n) is 3.12. The Bertz CT molecular complexity index is 1020. The van der Waals surface area contributed by atoms with E-state index in [2.05, 4.69) is 4.72 Å². The van der Waals surface area contributed by atoms with Crippen LogP contribution in [-0.4, -0.2) is 34.2 Å². The van der Waals surface area contributed by atoms with E-state index in [1.54, 1.807) is 31.2 Å². The van der Waals surface area contributed by atoms with Gasteiger partial charge in [-0.2, -0.15) is 4.31 Å². The van der Waals surface area contributed by atoms with Gasteiger partial charge < -0.3 is 0 Å². The van der Waals surface area contributed by atoms with Crippen molar-refractivity contribution in [3.05, 3.63) is 40.8 Å². The van der Waals surface area contributed by atoms with E-state index < -0.39 is 20.0 Å². The second-order valence-electron chi connectivity index (χ2n) is 6.77. The van der Waals surface area contributed by atoms with Gasteiger partial charge in [0.2, 0.25) is 10.0 Å². The van der Waals surface area contributed by atoms with Crippen molar-refractivity contribution >= 4 is 37.1 Å². The van der Waals surface area contributed by atoms with Crippen LogP contribution >= 0.6 is 11.3 Å². The first-order valence-electron chi connectivity index (χ1n) is 8.90. The summed E-state index contributed by atoms with van der Waals surface area (Å²) in [7, 11) is -7.39. The van der Waals surface area contributed by atoms with Crippen molar-refractivity contribution in [2.45, 2.75) is 48.6 Å². The summed E-state index contributed by atoms with van der Waals surface area (Å²) in [4.78, 5) is 1.05. The van der Waals surface area contributed by atoms with Crippen molar-refractivity contribution in [3.8, 4) is 0 Å². The fourth-order valence-corrected chi connectivity index (χ4v) is 7.23. The van der Waals surface area contributed by atoms with Gasteiger partial charge >= 0.3 is 0 Å². The van der Waals surface area contributed by atoms with Crippen LogP contribution in [0.1, 0.15) is 36.1 Å². The molecule has 148 valence electrons. The van der Waals surface area contributed by atoms with Crippen LogP contribution < -0.4 is 4.72 Å². The molecule has 0 radical (unpaired) electrons. The normalized spacial score (nSPS) is 16.8. The summed E-state index contributed by atoms with van der Waals surface area (Å²) in [5.74, 6) is 0. The predicted octanol–water partition coefficient (Wildman–Crippen LogP) is 3.73. The first-order chi connectivity index (χ1) is 12.7. The van der Waals surface area contributed by atoms with Crippen LogP contribution in [0.25, 0.3) is 0 Å². The Labute approximate surface area is 165 Å². The van der Waals surface area contributed by atoms with Gasteiger partial charge in [0.25, 0.3) is 10.0 Å². The first-order valence-corrected chi connectivity index (χ1v) is 12.6. The Kier molecular flexibility index (Phi) is 5.95. The summed E-state index contributed by atoms with van der Waals surface area (Å²) >= 11 is 1.17. The minimum absolute atomic E-state index is 0.159. The molecule has 27 heavy (non-hydrogen) atoms. The van der Waals surface area contributed by atoms with E-state index in [4.69, 9.17) is 0 Å². The van der Waals surface area contributed by atoms with Gasteiger partial charge in [-0.3, -0.25) is 4.72 Å². The number of rotatable bonds is 5. The molecule has 0 aliphatic carbocycles. The van der Waals surface area contributed by atoms with E-state index in [9.17, 15) is 16.8 Å². The lowest BCUT2D eigenvalue weighted by molar-refractivity contribution is 0.423. The van der Waals surface area contributed by atoms with Gasteiger partial charge in [-0.1, -0.05) is 18.9 Å². The third kappa shape index (κ3) is 4.53. The third-order valence-electron chi connectivity index (χ3n) is 4.60. The highest BCUT2D eigenvalue weighted by Crippen LogP contribution is 2.28. The van der Waals surface area contributed by atoms with Crippen molar-refractivity contribution < 1.29 is 16.8 Å². The molecule has 2 aromatic rings. The molecule has 1 N–H and O–H groups in total. The van der Waals surface area contributed by atoms with E-state index >= 15 is 0 Å². The molecule has 1 saturated heterocycles. The molecule has 2 heterocycles. The van der Waals surface area contributed by atoms with E-state index in [1.807, 2.05) is 6.92 Å². The Morgan fingerprint density at radius 3 is 2.19 bits per heavy atom. The van der Waals surface area contributed by atoms with Gasteiger partial charge in [0.15, 0.2) is 0 Å². The van der Waals surface area contributed by atoms with Crippen LogP contribution in [0.15, 0.2) is 39.4 Å². The summed E-state index contributed by atoms with van der Waals surface area (Å²) < 4.78 is 55.5. The molecule has 0 saturated carbocycles. The highest BCUT2D eigenvalue weighted by atomic mass is 32.2. The van der Waals surface area contributed by atoms with E-state index in [0.717, 1.165) is 30.6 Å². The Morgan fingerprint density at radius 1 is 0.926 bits per heavy atom. The fraction of sp³-hybridized carbons (Fsp3) is 0.444. The first kappa shape index (κ1) is 20.3. The molecule has 1 aromatic carbocycles. The van der Waals surface area contributed by atoms with Crippen LogP contribution in [0, 0.1) is 13.8 Å². The second kappa shape index (κ2) is 7.90. The van der Waals surface area contributed by atoms with Crippen LogP contribution in [0.4, 0.5) is 5.69 Å². The van der Waals surface area contributed by atoms with Crippen molar-refractivity contribution in [3.63, 3.8) is 0 Å². The standard InChI is InChI=1S/C18H24N2O4S3/c1-14-7-9-16(19-26(21,22)18-10-8-15(2)25-18)13-17(14)27(23,24)20-11-5-3-4-6-12-20/h7-10,13,19H,3-6,11-12H2,1-2H3. The highest BCUT2D eigenvalue weighted by Gasteiger charge is 2.27. The van der Waals surface area contributed by atoms with E-state index in [1.165, 1.54) is 21.7 Å². The molecule has 0 atom stereocenters. The predicted molar refractivity (Wildman–Crippen MR) is 108 cm³/mol. The zero-order chi connectivity index (χ0) is 19.7. The van der Waals surface area contributed by atoms with E-state index in [-0.39, 0.29) is 14.8 Å². The summed E-state index contributed by atoms with van der Waals surface area (Å²) in [6.07, 6.45) is 3.76. The molecule has 6 nitrogen and oxygen atoms in total. The molecule has 1 fully saturated rings. The maximum absolute atomic E-state index is 13.1. The van der Waals surface area contributed by atoms with Gasteiger partial charge in [0, 0.05) is 18.0 Å². The number of aryl methyl sites for hydroxylation is 2. The van der Waals surface area contributed by atoms with Crippen LogP contribution in [0.5, 0.6) is 0 Å². The molecule has 0 spiro atoms. The van der Waals surface area contributed by atoms with Crippen LogP contribution in [0.3, 0.4) is 0 Å². The molecule has 9 heteroatoms. The molecule has 0 amide bonds. The van der Waals surface area contributed by atoms with Crippen molar-refractivity contribution in [1.29, 1.82) is 0 Å². The topological polar surface area (TPSA) is 83.5 Å². The lowest BCUT2D eigenvalue weighted by Gasteiger charge is -2.21. The van der Waals surface area contributed by atoms with Crippen molar-refractivity contribution in [1.82, 2.24) is 4.31 Å². The molecule has 0 unspecified atom stereocenters. The number of nitrogens with zero attached hydrogens (tertiary/aromatic N) is 1. The average Bonchev–Trinajstić information content (AvgIpc) is 2.87. The lowest BCUT2D eigenvalue weighted by Crippen LogP contribution is -2.32. The zero-order valence-electron chi connectivity index (χ0n) is 15.4. The zero-order valence-corrected chi connectivity index (χ0v) is 17.9. The smallest absolute Gasteiger partial charge is 0.271 e. The largest absolute Gasteiger partial charge is 0.279 e. The molecule has 1 aliphatic heterocycles. The van der Waals surface area contributed by atoms with E-state index in [0.29, 0.717) is 18.7 Å². The lowest BCUT2D eigenvalue weighted by atomic mass is 10.2. The SMILES string of the molecule is Cc1ccc(S(=O)(=O)Nc2ccc(C)c(S(=O)(=O)N3CCCCCC3)c2)s1. The number of hydrogen-bond donors (Lipinski definition) is 1. The quantitative estimate of drug-likeness (QED) is 0.786. The van der Waals surface area contributed by atoms with Crippen molar-refractivity contribution in [2.24, 2.45) is 0 Å². The molecule has 1 aromatic heterocycles. The summed E-state index contributed by atoms with van der Waals surface area (Å²) in [6.45, 7) is 4.57. The Morgan fingerprint density at radius 2 is 1.59 bits per heavy atom. The minimum atomic E-state index is -3.74. The molecule has 3 rings (SSSR count). The summed E-state index contributed by atoms with van der Waals surface area (Å²) in [5, 5.41) is 0. The monoisotopic (exact) mass is 428 g/mol. The highest BCUT2D eigenvalue weighted by molar-refractivity contribution is 7.94. The summed E-state index contributed by atoms with van der Waals surface area (Å²) in [6, 6.07) is 7.94. The Balaban J connectivity index is 1.92. The van der Waals surface area contributed by atoms with Gasteiger partial charge in [-0.25, -0.2) is 16.8 Å². The Hall–Kier alpha value is -1.42. The number of benzene rings is 1. The van der Waals surface area contributed by atoms with Gasteiger partial charge in [-0.15, -0.1) is 11.3 Å². The maximum Gasteiger partial charge on any atom is 0.271 e. The summed E-state index contributed by atoms with van der Waals surface area (Å²) in [5.41, 5.74) is 0.856. The third-order valence-corrected chi connectivity index (χ3v) is 9.52. The maximum atomic E-state index is 13.1. The molecular formula is C18H24N2O4S3. The van der Waals surface area contributed by atoms with Crippen molar-refractivity contribution in [2.75, 3.05) is 17.8 Å². The second-order valence-corrected chi connectivity index (χ2v) is 11.9. The van der Waals surface area contributed by atoms with Crippen LogP contribution in [0.2, 0.25) is 0 Å². The van der Waals surface area contributed by atoms with Gasteiger partial charge in [0.1, 0.15) is 4.21 Å². The minimum Gasteiger partial charge on any atom is -0.279 e. The molecule has 1 aliphatic rings. The molecular weight excluding hydrogens is 404 g/mol. The number of nitrogens with one attached hydrogen (secondary N) is 1. The number of anilines is 1. The molecule has 0 bridgehead atoms. The van der Waals surface area contributed by atoms with Crippen LogP contribution in [-0.2, 0) is 20.0 Å². The number of hydrogen-bond acceptors (Lipinski definition) is 5. The average molecular weight is 429 g/mol. The van der Waals surface area contributed by atoms with Gasteiger partial charge in [-0.05, 0) is 56.5 Å². The number of sulfonamides is 2. The van der Waals surface area contributed by atoms with Gasteiger partial charge in [0.05, 0.1) is 10.6 Å².